The zero-order valence-electron chi connectivity index (χ0n) is 7.16. The minimum Gasteiger partial charge on any atom is -0.412 e. The lowest BCUT2D eigenvalue weighted by molar-refractivity contribution is 0.200. The Hall–Kier alpha value is 0.270. The van der Waals surface area contributed by atoms with Gasteiger partial charge in [-0.05, 0) is 24.4 Å². The molecule has 5 N–H and O–H groups in total. The minimum absolute atomic E-state index is 0. The predicted octanol–water partition coefficient (Wildman–Crippen LogP) is -1.08. The van der Waals surface area contributed by atoms with Crippen molar-refractivity contribution >= 4 is 9.24 Å². The fourth-order valence-electron chi connectivity index (χ4n) is 1.04. The zero-order valence-corrected chi connectivity index (χ0v) is 8.32. The van der Waals surface area contributed by atoms with Gasteiger partial charge in [0.1, 0.15) is 0 Å². The van der Waals surface area contributed by atoms with Gasteiger partial charge in [-0.15, -0.1) is 9.24 Å². The molecule has 0 aliphatic rings. The molecule has 0 aromatic heterocycles. The SMILES string of the molecule is O.OCCC(P)(CCO)CCO. The molecule has 0 heterocycles. The van der Waals surface area contributed by atoms with Gasteiger partial charge in [-0.3, -0.25) is 0 Å². The molecule has 0 spiro atoms. The highest BCUT2D eigenvalue weighted by atomic mass is 31.0. The summed E-state index contributed by atoms with van der Waals surface area (Å²) >= 11 is 0. The van der Waals surface area contributed by atoms with Crippen molar-refractivity contribution in [3.8, 4) is 0 Å². The summed E-state index contributed by atoms with van der Waals surface area (Å²) in [5.41, 5.74) is 0. The quantitative estimate of drug-likeness (QED) is 0.474. The molecular formula is C7H19O4P. The van der Waals surface area contributed by atoms with Gasteiger partial charge in [-0.1, -0.05) is 0 Å². The van der Waals surface area contributed by atoms with Crippen molar-refractivity contribution in [1.29, 1.82) is 0 Å². The molecule has 0 rings (SSSR count). The number of hydrogen-bond donors (Lipinski definition) is 3. The highest BCUT2D eigenvalue weighted by Gasteiger charge is 2.22. The maximum absolute atomic E-state index is 8.68. The molecule has 0 saturated heterocycles. The average molecular weight is 198 g/mol. The normalized spacial score (nSPS) is 11.0. The summed E-state index contributed by atoms with van der Waals surface area (Å²) in [6, 6.07) is 0. The maximum atomic E-state index is 8.68. The molecule has 76 valence electrons. The predicted molar refractivity (Wildman–Crippen MR) is 51.2 cm³/mol. The van der Waals surface area contributed by atoms with Crippen LogP contribution in [0.4, 0.5) is 0 Å². The number of rotatable bonds is 6. The van der Waals surface area contributed by atoms with Crippen molar-refractivity contribution in [3.63, 3.8) is 0 Å². The van der Waals surface area contributed by atoms with Crippen molar-refractivity contribution in [3.05, 3.63) is 0 Å². The average Bonchev–Trinajstić information content (AvgIpc) is 1.88. The molecule has 0 bridgehead atoms. The second-order valence-corrected chi connectivity index (χ2v) is 4.01. The molecule has 0 aromatic carbocycles. The third kappa shape index (κ3) is 5.86. The van der Waals surface area contributed by atoms with E-state index >= 15 is 0 Å². The summed E-state index contributed by atoms with van der Waals surface area (Å²) in [4.78, 5) is 0. The van der Waals surface area contributed by atoms with Crippen LogP contribution in [0.3, 0.4) is 0 Å². The lowest BCUT2D eigenvalue weighted by Crippen LogP contribution is -2.25. The first kappa shape index (κ1) is 14.8. The van der Waals surface area contributed by atoms with E-state index in [1.165, 1.54) is 0 Å². The highest BCUT2D eigenvalue weighted by molar-refractivity contribution is 7.19. The summed E-state index contributed by atoms with van der Waals surface area (Å²) in [5.74, 6) is 0. The van der Waals surface area contributed by atoms with Crippen LogP contribution in [0, 0.1) is 0 Å². The third-order valence-electron chi connectivity index (χ3n) is 1.83. The molecule has 0 amide bonds. The van der Waals surface area contributed by atoms with E-state index < -0.39 is 0 Å². The van der Waals surface area contributed by atoms with E-state index in [1.807, 2.05) is 0 Å². The number of hydrogen-bond acceptors (Lipinski definition) is 3. The Kier molecular flexibility index (Phi) is 9.72. The van der Waals surface area contributed by atoms with Crippen molar-refractivity contribution in [1.82, 2.24) is 0 Å². The minimum atomic E-state index is -0.182. The van der Waals surface area contributed by atoms with Crippen LogP contribution >= 0.6 is 9.24 Å². The van der Waals surface area contributed by atoms with E-state index in [0.717, 1.165) is 0 Å². The van der Waals surface area contributed by atoms with E-state index in [1.54, 1.807) is 0 Å². The topological polar surface area (TPSA) is 92.2 Å². The summed E-state index contributed by atoms with van der Waals surface area (Å²) < 4.78 is 0. The summed E-state index contributed by atoms with van der Waals surface area (Å²) in [7, 11) is 2.60. The lowest BCUT2D eigenvalue weighted by Gasteiger charge is -2.26. The monoisotopic (exact) mass is 198 g/mol. The van der Waals surface area contributed by atoms with Gasteiger partial charge in [0.05, 0.1) is 0 Å². The first-order valence-corrected chi connectivity index (χ1v) is 4.38. The Morgan fingerprint density at radius 1 is 0.833 bits per heavy atom. The van der Waals surface area contributed by atoms with Crippen LogP contribution in [-0.2, 0) is 0 Å². The Morgan fingerprint density at radius 3 is 1.25 bits per heavy atom. The molecule has 12 heavy (non-hydrogen) atoms. The molecule has 4 nitrogen and oxygen atoms in total. The fraction of sp³-hybridized carbons (Fsp3) is 1.00. The van der Waals surface area contributed by atoms with Crippen LogP contribution in [0.5, 0.6) is 0 Å². The van der Waals surface area contributed by atoms with Crippen LogP contribution in [0.15, 0.2) is 0 Å². The van der Waals surface area contributed by atoms with Crippen LogP contribution < -0.4 is 0 Å². The van der Waals surface area contributed by atoms with E-state index in [-0.39, 0.29) is 30.5 Å². The first-order chi connectivity index (χ1) is 5.18. The molecule has 0 radical (unpaired) electrons. The van der Waals surface area contributed by atoms with Gasteiger partial charge >= 0.3 is 0 Å². The molecule has 0 saturated carbocycles. The van der Waals surface area contributed by atoms with Crippen molar-refractivity contribution < 1.29 is 20.8 Å². The van der Waals surface area contributed by atoms with Gasteiger partial charge < -0.3 is 20.8 Å². The standard InChI is InChI=1S/C7H17O3P.H2O/c8-4-1-7(11,2-5-9)3-6-10;/h8-10H,1-6,11H2;1H2. The van der Waals surface area contributed by atoms with Crippen LogP contribution in [0.2, 0.25) is 0 Å². The molecule has 1 unspecified atom stereocenters. The Labute approximate surface area is 75.1 Å². The molecular weight excluding hydrogens is 179 g/mol. The van der Waals surface area contributed by atoms with Crippen molar-refractivity contribution in [2.45, 2.75) is 24.4 Å². The molecule has 0 aliphatic carbocycles. The third-order valence-corrected chi connectivity index (χ3v) is 2.70. The van der Waals surface area contributed by atoms with Crippen LogP contribution in [0.25, 0.3) is 0 Å². The van der Waals surface area contributed by atoms with Crippen molar-refractivity contribution in [2.24, 2.45) is 0 Å². The van der Waals surface area contributed by atoms with Gasteiger partial charge in [-0.2, -0.15) is 0 Å². The summed E-state index contributed by atoms with van der Waals surface area (Å²) in [6.45, 7) is 0.302. The number of aliphatic hydroxyl groups is 3. The maximum Gasteiger partial charge on any atom is 0.0439 e. The Morgan fingerprint density at radius 2 is 1.08 bits per heavy atom. The molecule has 0 aliphatic heterocycles. The zero-order chi connectivity index (χ0) is 8.74. The summed E-state index contributed by atoms with van der Waals surface area (Å²) in [6.07, 6.45) is 1.83. The van der Waals surface area contributed by atoms with Gasteiger partial charge in [-0.25, -0.2) is 0 Å². The van der Waals surface area contributed by atoms with Crippen LogP contribution in [-0.4, -0.2) is 45.8 Å². The van der Waals surface area contributed by atoms with Gasteiger partial charge in [0, 0.05) is 19.8 Å². The molecule has 5 heteroatoms. The molecule has 0 fully saturated rings. The second-order valence-electron chi connectivity index (χ2n) is 2.78. The molecule has 1 atom stereocenters. The Bertz CT molecular complexity index is 82.4. The van der Waals surface area contributed by atoms with Gasteiger partial charge in [0.25, 0.3) is 0 Å². The Balaban J connectivity index is 0. The number of aliphatic hydroxyl groups excluding tert-OH is 3. The largest absolute Gasteiger partial charge is 0.412 e. The van der Waals surface area contributed by atoms with E-state index in [0.29, 0.717) is 19.3 Å². The first-order valence-electron chi connectivity index (χ1n) is 3.80. The van der Waals surface area contributed by atoms with E-state index in [9.17, 15) is 0 Å². The summed E-state index contributed by atoms with van der Waals surface area (Å²) in [5, 5.41) is 25.9. The lowest BCUT2D eigenvalue weighted by atomic mass is 9.97. The van der Waals surface area contributed by atoms with Crippen LogP contribution in [0.1, 0.15) is 19.3 Å². The van der Waals surface area contributed by atoms with Gasteiger partial charge in [0.2, 0.25) is 0 Å². The highest BCUT2D eigenvalue weighted by Crippen LogP contribution is 2.29. The molecule has 0 aromatic rings. The second kappa shape index (κ2) is 7.90. The van der Waals surface area contributed by atoms with E-state index in [2.05, 4.69) is 9.24 Å². The van der Waals surface area contributed by atoms with Gasteiger partial charge in [0.15, 0.2) is 0 Å². The smallest absolute Gasteiger partial charge is 0.0439 e. The fourth-order valence-corrected chi connectivity index (χ4v) is 1.43. The van der Waals surface area contributed by atoms with E-state index in [4.69, 9.17) is 15.3 Å². The van der Waals surface area contributed by atoms with Crippen molar-refractivity contribution in [2.75, 3.05) is 19.8 Å².